The largest absolute Gasteiger partial charge is 0.465 e. The number of anilines is 1. The van der Waals surface area contributed by atoms with Crippen LogP contribution in [0.2, 0.25) is 5.02 Å². The number of amides is 1. The highest BCUT2D eigenvalue weighted by molar-refractivity contribution is 6.33. The maximum atomic E-state index is 12.1. The van der Waals surface area contributed by atoms with E-state index in [0.717, 1.165) is 5.56 Å². The maximum Gasteiger partial charge on any atom is 0.387 e. The molecule has 0 bridgehead atoms. The molecule has 2 rings (SSSR count). The molecule has 0 saturated heterocycles. The minimum absolute atomic E-state index is 0.00338. The van der Waals surface area contributed by atoms with E-state index in [9.17, 15) is 18.4 Å². The second kappa shape index (κ2) is 10.5. The third-order valence-corrected chi connectivity index (χ3v) is 4.04. The monoisotopic (exact) mass is 412 g/mol. The standard InChI is InChI=1S/C19H19ClF2N2O4/c1-27-18(26)15-10-13(4-7-16(15)20)24-11-17(25)23-9-8-12-2-5-14(6-3-12)28-19(21)22/h2-7,10,19,24H,8-9,11H2,1H3,(H,23,25). The molecule has 2 aromatic carbocycles. The number of hydrogen-bond acceptors (Lipinski definition) is 5. The van der Waals surface area contributed by atoms with Gasteiger partial charge in [0.05, 0.1) is 24.2 Å². The van der Waals surface area contributed by atoms with Crippen LogP contribution >= 0.6 is 11.6 Å². The molecule has 28 heavy (non-hydrogen) atoms. The van der Waals surface area contributed by atoms with E-state index in [4.69, 9.17) is 11.6 Å². The lowest BCUT2D eigenvalue weighted by Gasteiger charge is -2.10. The van der Waals surface area contributed by atoms with Gasteiger partial charge in [0, 0.05) is 12.2 Å². The van der Waals surface area contributed by atoms with Gasteiger partial charge < -0.3 is 20.1 Å². The van der Waals surface area contributed by atoms with Crippen LogP contribution in [0.4, 0.5) is 14.5 Å². The highest BCUT2D eigenvalue weighted by Crippen LogP contribution is 2.21. The summed E-state index contributed by atoms with van der Waals surface area (Å²) in [6.07, 6.45) is 0.536. The number of carbonyl (C=O) groups excluding carboxylic acids is 2. The zero-order chi connectivity index (χ0) is 20.5. The Morgan fingerprint density at radius 3 is 2.50 bits per heavy atom. The number of halogens is 3. The summed E-state index contributed by atoms with van der Waals surface area (Å²) >= 11 is 5.94. The second-order valence-electron chi connectivity index (χ2n) is 5.66. The van der Waals surface area contributed by atoms with Gasteiger partial charge in [0.1, 0.15) is 5.75 Å². The van der Waals surface area contributed by atoms with E-state index in [2.05, 4.69) is 20.1 Å². The van der Waals surface area contributed by atoms with E-state index in [1.807, 2.05) is 0 Å². The van der Waals surface area contributed by atoms with E-state index in [0.29, 0.717) is 18.7 Å². The number of nitrogens with one attached hydrogen (secondary N) is 2. The molecule has 0 unspecified atom stereocenters. The molecule has 0 saturated carbocycles. The zero-order valence-electron chi connectivity index (χ0n) is 15.0. The SMILES string of the molecule is COC(=O)c1cc(NCC(=O)NCCc2ccc(OC(F)F)cc2)ccc1Cl. The number of carbonyl (C=O) groups is 2. The van der Waals surface area contributed by atoms with Crippen molar-refractivity contribution < 1.29 is 27.8 Å². The predicted octanol–water partition coefficient (Wildman–Crippen LogP) is 3.50. The average Bonchev–Trinajstić information content (AvgIpc) is 2.67. The summed E-state index contributed by atoms with van der Waals surface area (Å²) in [7, 11) is 1.26. The quantitative estimate of drug-likeness (QED) is 0.616. The fourth-order valence-electron chi connectivity index (χ4n) is 2.33. The zero-order valence-corrected chi connectivity index (χ0v) is 15.8. The third-order valence-electron chi connectivity index (χ3n) is 3.71. The van der Waals surface area contributed by atoms with Gasteiger partial charge in [0.2, 0.25) is 5.91 Å². The van der Waals surface area contributed by atoms with Gasteiger partial charge in [-0.2, -0.15) is 8.78 Å². The van der Waals surface area contributed by atoms with Crippen LogP contribution in [0.3, 0.4) is 0 Å². The summed E-state index contributed by atoms with van der Waals surface area (Å²) in [4.78, 5) is 23.5. The van der Waals surface area contributed by atoms with Crippen molar-refractivity contribution in [3.05, 3.63) is 58.6 Å². The molecule has 2 aromatic rings. The minimum Gasteiger partial charge on any atom is -0.465 e. The first-order valence-electron chi connectivity index (χ1n) is 8.31. The molecule has 150 valence electrons. The fraction of sp³-hybridized carbons (Fsp3) is 0.263. The molecule has 0 aliphatic rings. The number of rotatable bonds is 9. The van der Waals surface area contributed by atoms with Gasteiger partial charge in [-0.05, 0) is 42.3 Å². The molecule has 0 heterocycles. The number of alkyl halides is 2. The van der Waals surface area contributed by atoms with Gasteiger partial charge in [0.25, 0.3) is 0 Å². The number of ether oxygens (including phenoxy) is 2. The number of methoxy groups -OCH3 is 1. The first-order valence-corrected chi connectivity index (χ1v) is 8.69. The van der Waals surface area contributed by atoms with Crippen molar-refractivity contribution in [1.29, 1.82) is 0 Å². The Morgan fingerprint density at radius 1 is 1.14 bits per heavy atom. The molecular weight excluding hydrogens is 394 g/mol. The first-order chi connectivity index (χ1) is 13.4. The Hall–Kier alpha value is -2.87. The van der Waals surface area contributed by atoms with E-state index in [1.54, 1.807) is 18.2 Å². The van der Waals surface area contributed by atoms with Crippen LogP contribution < -0.4 is 15.4 Å². The lowest BCUT2D eigenvalue weighted by atomic mass is 10.1. The van der Waals surface area contributed by atoms with Gasteiger partial charge >= 0.3 is 12.6 Å². The van der Waals surface area contributed by atoms with Crippen molar-refractivity contribution in [3.8, 4) is 5.75 Å². The van der Waals surface area contributed by atoms with Crippen molar-refractivity contribution in [2.45, 2.75) is 13.0 Å². The molecule has 0 aliphatic carbocycles. The Bertz CT molecular complexity index is 816. The molecule has 6 nitrogen and oxygen atoms in total. The molecule has 9 heteroatoms. The number of hydrogen-bond donors (Lipinski definition) is 2. The van der Waals surface area contributed by atoms with Crippen LogP contribution in [0, 0.1) is 0 Å². The van der Waals surface area contributed by atoms with Crippen molar-refractivity contribution in [1.82, 2.24) is 5.32 Å². The lowest BCUT2D eigenvalue weighted by molar-refractivity contribution is -0.119. The van der Waals surface area contributed by atoms with Gasteiger partial charge in [-0.3, -0.25) is 4.79 Å². The van der Waals surface area contributed by atoms with Crippen molar-refractivity contribution in [3.63, 3.8) is 0 Å². The van der Waals surface area contributed by atoms with Crippen LogP contribution in [0.1, 0.15) is 15.9 Å². The summed E-state index contributed by atoms with van der Waals surface area (Å²) in [6.45, 7) is -2.48. The van der Waals surface area contributed by atoms with Crippen molar-refractivity contribution in [2.24, 2.45) is 0 Å². The van der Waals surface area contributed by atoms with Crippen molar-refractivity contribution in [2.75, 3.05) is 25.5 Å². The van der Waals surface area contributed by atoms with Gasteiger partial charge in [-0.25, -0.2) is 4.79 Å². The highest BCUT2D eigenvalue weighted by Gasteiger charge is 2.12. The molecule has 0 aliphatic heterocycles. The van der Waals surface area contributed by atoms with Crippen LogP contribution in [0.5, 0.6) is 5.75 Å². The second-order valence-corrected chi connectivity index (χ2v) is 6.07. The number of benzene rings is 2. The van der Waals surface area contributed by atoms with Crippen molar-refractivity contribution >= 4 is 29.2 Å². The smallest absolute Gasteiger partial charge is 0.387 e. The Morgan fingerprint density at radius 2 is 1.86 bits per heavy atom. The lowest BCUT2D eigenvalue weighted by Crippen LogP contribution is -2.31. The Balaban J connectivity index is 1.76. The van der Waals surface area contributed by atoms with E-state index >= 15 is 0 Å². The molecule has 0 aromatic heterocycles. The summed E-state index contributed by atoms with van der Waals surface area (Å²) in [5.74, 6) is -0.725. The molecular formula is C19H19ClF2N2O4. The normalized spacial score (nSPS) is 10.5. The summed E-state index contributed by atoms with van der Waals surface area (Å²) in [5.41, 5.74) is 1.62. The molecule has 2 N–H and O–H groups in total. The molecule has 0 radical (unpaired) electrons. The Kier molecular flexibility index (Phi) is 8.01. The van der Waals surface area contributed by atoms with Crippen LogP contribution in [0.15, 0.2) is 42.5 Å². The topological polar surface area (TPSA) is 76.7 Å². The van der Waals surface area contributed by atoms with E-state index in [-0.39, 0.29) is 28.8 Å². The molecule has 0 spiro atoms. The Labute approximate surface area is 165 Å². The molecule has 0 fully saturated rings. The number of esters is 1. The van der Waals surface area contributed by atoms with Crippen LogP contribution in [-0.2, 0) is 16.0 Å². The van der Waals surface area contributed by atoms with Crippen LogP contribution in [-0.4, -0.2) is 38.7 Å². The summed E-state index contributed by atoms with van der Waals surface area (Å²) < 4.78 is 33.1. The maximum absolute atomic E-state index is 12.1. The van der Waals surface area contributed by atoms with Crippen LogP contribution in [0.25, 0.3) is 0 Å². The van der Waals surface area contributed by atoms with Gasteiger partial charge in [-0.15, -0.1) is 0 Å². The molecule has 0 atom stereocenters. The highest BCUT2D eigenvalue weighted by atomic mass is 35.5. The first kappa shape index (κ1) is 21.4. The minimum atomic E-state index is -2.86. The summed E-state index contributed by atoms with van der Waals surface area (Å²) in [6, 6.07) is 10.9. The summed E-state index contributed by atoms with van der Waals surface area (Å²) in [5, 5.41) is 5.89. The molecule has 1 amide bonds. The van der Waals surface area contributed by atoms with E-state index in [1.165, 1.54) is 31.4 Å². The predicted molar refractivity (Wildman–Crippen MR) is 101 cm³/mol. The fourth-order valence-corrected chi connectivity index (χ4v) is 2.52. The third kappa shape index (κ3) is 6.70. The van der Waals surface area contributed by atoms with E-state index < -0.39 is 12.6 Å². The average molecular weight is 413 g/mol. The van der Waals surface area contributed by atoms with Gasteiger partial charge in [-0.1, -0.05) is 23.7 Å². The van der Waals surface area contributed by atoms with Gasteiger partial charge in [0.15, 0.2) is 0 Å².